The Morgan fingerprint density at radius 2 is 2.21 bits per heavy atom. The van der Waals surface area contributed by atoms with E-state index in [9.17, 15) is 5.11 Å². The molecule has 0 spiro atoms. The summed E-state index contributed by atoms with van der Waals surface area (Å²) >= 11 is 0. The van der Waals surface area contributed by atoms with Gasteiger partial charge < -0.3 is 5.11 Å². The second-order valence-electron chi connectivity index (χ2n) is 4.65. The molecular formula is C10H17N3O. The number of hydrogen-bond acceptors (Lipinski definition) is 3. The maximum atomic E-state index is 10.2. The second-order valence-corrected chi connectivity index (χ2v) is 4.65. The van der Waals surface area contributed by atoms with E-state index in [0.29, 0.717) is 17.7 Å². The summed E-state index contributed by atoms with van der Waals surface area (Å²) in [6, 6.07) is 0. The van der Waals surface area contributed by atoms with Gasteiger partial charge in [0, 0.05) is 7.05 Å². The maximum absolute atomic E-state index is 10.2. The van der Waals surface area contributed by atoms with Gasteiger partial charge in [-0.1, -0.05) is 13.8 Å². The quantitative estimate of drug-likeness (QED) is 0.768. The highest BCUT2D eigenvalue weighted by Gasteiger charge is 2.47. The highest BCUT2D eigenvalue weighted by Crippen LogP contribution is 2.47. The van der Waals surface area contributed by atoms with E-state index in [1.54, 1.807) is 4.68 Å². The highest BCUT2D eigenvalue weighted by molar-refractivity contribution is 5.08. The van der Waals surface area contributed by atoms with E-state index in [4.69, 9.17) is 0 Å². The fourth-order valence-corrected chi connectivity index (χ4v) is 2.18. The van der Waals surface area contributed by atoms with E-state index in [-0.39, 0.29) is 0 Å². The van der Waals surface area contributed by atoms with Crippen LogP contribution in [0.1, 0.15) is 32.5 Å². The molecule has 1 saturated carbocycles. The lowest BCUT2D eigenvalue weighted by Gasteiger charge is -2.44. The van der Waals surface area contributed by atoms with Gasteiger partial charge in [-0.2, -0.15) is 5.10 Å². The molecule has 0 saturated heterocycles. The molecule has 1 aliphatic rings. The van der Waals surface area contributed by atoms with Crippen molar-refractivity contribution in [3.05, 3.63) is 12.2 Å². The zero-order valence-corrected chi connectivity index (χ0v) is 8.94. The van der Waals surface area contributed by atoms with Gasteiger partial charge in [0.1, 0.15) is 11.9 Å². The highest BCUT2D eigenvalue weighted by atomic mass is 16.3. The third kappa shape index (κ3) is 1.34. The van der Waals surface area contributed by atoms with Crippen molar-refractivity contribution in [1.82, 2.24) is 14.8 Å². The summed E-state index contributed by atoms with van der Waals surface area (Å²) in [5.74, 6) is 1.97. The van der Waals surface area contributed by atoms with Crippen molar-refractivity contribution in [3.63, 3.8) is 0 Å². The van der Waals surface area contributed by atoms with Crippen LogP contribution >= 0.6 is 0 Å². The van der Waals surface area contributed by atoms with Crippen molar-refractivity contribution < 1.29 is 5.11 Å². The molecule has 1 aliphatic carbocycles. The Hall–Kier alpha value is -0.900. The first-order valence-corrected chi connectivity index (χ1v) is 5.10. The molecule has 0 atom stereocenters. The standard InChI is InChI=1S/C10H17N3O/c1-7(2)8-4-10(14,5-8)9-11-6-12-13(9)3/h6-8,14H,4-5H2,1-3H3. The van der Waals surface area contributed by atoms with Crippen molar-refractivity contribution in [2.45, 2.75) is 32.3 Å². The van der Waals surface area contributed by atoms with Gasteiger partial charge in [-0.15, -0.1) is 0 Å². The van der Waals surface area contributed by atoms with Gasteiger partial charge >= 0.3 is 0 Å². The van der Waals surface area contributed by atoms with E-state index in [1.165, 1.54) is 6.33 Å². The Balaban J connectivity index is 2.11. The summed E-state index contributed by atoms with van der Waals surface area (Å²) in [5, 5.41) is 14.2. The molecule has 0 bridgehead atoms. The van der Waals surface area contributed by atoms with Crippen LogP contribution < -0.4 is 0 Å². The molecule has 0 unspecified atom stereocenters. The minimum atomic E-state index is -0.722. The average molecular weight is 195 g/mol. The fourth-order valence-electron chi connectivity index (χ4n) is 2.18. The summed E-state index contributed by atoms with van der Waals surface area (Å²) in [6.07, 6.45) is 3.13. The lowest BCUT2D eigenvalue weighted by atomic mass is 9.66. The first-order chi connectivity index (χ1) is 6.53. The molecule has 0 aliphatic heterocycles. The summed E-state index contributed by atoms with van der Waals surface area (Å²) in [7, 11) is 1.82. The fraction of sp³-hybridized carbons (Fsp3) is 0.800. The minimum Gasteiger partial charge on any atom is -0.382 e. The summed E-state index contributed by atoms with van der Waals surface area (Å²) in [4.78, 5) is 4.11. The first kappa shape index (κ1) is 9.65. The molecule has 2 rings (SSSR count). The molecule has 0 aromatic carbocycles. The minimum absolute atomic E-state index is 0.622. The number of rotatable bonds is 2. The van der Waals surface area contributed by atoms with E-state index in [0.717, 1.165) is 12.8 Å². The van der Waals surface area contributed by atoms with Crippen LogP contribution in [-0.4, -0.2) is 19.9 Å². The molecule has 1 fully saturated rings. The van der Waals surface area contributed by atoms with E-state index < -0.39 is 5.60 Å². The van der Waals surface area contributed by atoms with Gasteiger partial charge in [0.25, 0.3) is 0 Å². The summed E-state index contributed by atoms with van der Waals surface area (Å²) in [5.41, 5.74) is -0.722. The van der Waals surface area contributed by atoms with Crippen LogP contribution in [0.4, 0.5) is 0 Å². The van der Waals surface area contributed by atoms with Crippen molar-refractivity contribution >= 4 is 0 Å². The molecule has 0 radical (unpaired) electrons. The van der Waals surface area contributed by atoms with Gasteiger partial charge in [0.15, 0.2) is 5.82 Å². The molecule has 4 nitrogen and oxygen atoms in total. The Bertz CT molecular complexity index is 326. The van der Waals surface area contributed by atoms with Crippen LogP contribution in [0, 0.1) is 11.8 Å². The van der Waals surface area contributed by atoms with Crippen LogP contribution in [0.5, 0.6) is 0 Å². The molecule has 1 aromatic heterocycles. The van der Waals surface area contributed by atoms with Crippen molar-refractivity contribution in [3.8, 4) is 0 Å². The Morgan fingerprint density at radius 1 is 1.57 bits per heavy atom. The zero-order valence-electron chi connectivity index (χ0n) is 8.94. The van der Waals surface area contributed by atoms with Crippen LogP contribution in [0.25, 0.3) is 0 Å². The number of hydrogen-bond donors (Lipinski definition) is 1. The molecular weight excluding hydrogens is 178 g/mol. The molecule has 78 valence electrons. The molecule has 1 aromatic rings. The maximum Gasteiger partial charge on any atom is 0.158 e. The van der Waals surface area contributed by atoms with Crippen LogP contribution in [-0.2, 0) is 12.6 Å². The van der Waals surface area contributed by atoms with Gasteiger partial charge in [-0.3, -0.25) is 4.68 Å². The Morgan fingerprint density at radius 3 is 2.64 bits per heavy atom. The number of aliphatic hydroxyl groups is 1. The topological polar surface area (TPSA) is 50.9 Å². The average Bonchev–Trinajstić information content (AvgIpc) is 2.45. The molecule has 14 heavy (non-hydrogen) atoms. The predicted octanol–water partition coefficient (Wildman–Crippen LogP) is 1.07. The Kier molecular flexibility index (Phi) is 2.10. The second kappa shape index (κ2) is 3.05. The molecule has 4 heteroatoms. The number of nitrogens with zero attached hydrogens (tertiary/aromatic N) is 3. The number of aromatic nitrogens is 3. The normalized spacial score (nSPS) is 31.9. The van der Waals surface area contributed by atoms with Crippen LogP contribution in [0.15, 0.2) is 6.33 Å². The van der Waals surface area contributed by atoms with E-state index in [1.807, 2.05) is 7.05 Å². The smallest absolute Gasteiger partial charge is 0.158 e. The Labute approximate surface area is 84.0 Å². The largest absolute Gasteiger partial charge is 0.382 e. The molecule has 0 amide bonds. The van der Waals surface area contributed by atoms with E-state index >= 15 is 0 Å². The lowest BCUT2D eigenvalue weighted by Crippen LogP contribution is -2.45. The monoisotopic (exact) mass is 195 g/mol. The molecule has 1 heterocycles. The van der Waals surface area contributed by atoms with E-state index in [2.05, 4.69) is 23.9 Å². The van der Waals surface area contributed by atoms with Gasteiger partial charge in [0.2, 0.25) is 0 Å². The summed E-state index contributed by atoms with van der Waals surface area (Å²) < 4.78 is 1.66. The summed E-state index contributed by atoms with van der Waals surface area (Å²) in [6.45, 7) is 4.39. The number of aryl methyl sites for hydroxylation is 1. The zero-order chi connectivity index (χ0) is 10.3. The third-order valence-electron chi connectivity index (χ3n) is 3.27. The van der Waals surface area contributed by atoms with Crippen LogP contribution in [0.2, 0.25) is 0 Å². The SMILES string of the molecule is CC(C)C1CC(O)(c2ncnn2C)C1. The van der Waals surface area contributed by atoms with Crippen molar-refractivity contribution in [2.75, 3.05) is 0 Å². The first-order valence-electron chi connectivity index (χ1n) is 5.10. The van der Waals surface area contributed by atoms with Gasteiger partial charge in [0.05, 0.1) is 0 Å². The van der Waals surface area contributed by atoms with Crippen molar-refractivity contribution in [1.29, 1.82) is 0 Å². The van der Waals surface area contributed by atoms with Gasteiger partial charge in [-0.25, -0.2) is 4.98 Å². The van der Waals surface area contributed by atoms with Crippen molar-refractivity contribution in [2.24, 2.45) is 18.9 Å². The molecule has 1 N–H and O–H groups in total. The van der Waals surface area contributed by atoms with Crippen LogP contribution in [0.3, 0.4) is 0 Å². The van der Waals surface area contributed by atoms with Gasteiger partial charge in [-0.05, 0) is 24.7 Å². The third-order valence-corrected chi connectivity index (χ3v) is 3.27. The lowest BCUT2D eigenvalue weighted by molar-refractivity contribution is -0.102. The predicted molar refractivity (Wildman–Crippen MR) is 52.5 cm³/mol.